The molecule has 3 aromatic rings. The highest BCUT2D eigenvalue weighted by Crippen LogP contribution is 2.35. The number of rotatable bonds is 7. The molecule has 2 heterocycles. The van der Waals surface area contributed by atoms with Crippen LogP contribution in [-0.2, 0) is 21.3 Å². The SMILES string of the molecule is CC(C)(C)OC(=O)N(c1cscn1)S(=O)(=O)c1cc(Cl)c(OC2CCN(Cc3ccccc3)CC2)cc1F. The molecule has 2 aromatic carbocycles. The van der Waals surface area contributed by atoms with E-state index in [0.717, 1.165) is 43.1 Å². The molecule has 1 amide bonds. The summed E-state index contributed by atoms with van der Waals surface area (Å²) in [5.74, 6) is -1.26. The average molecular weight is 582 g/mol. The van der Waals surface area contributed by atoms with Gasteiger partial charge in [0.05, 0.1) is 10.5 Å². The Kier molecular flexibility index (Phi) is 8.61. The fourth-order valence-corrected chi connectivity index (χ4v) is 6.23. The molecule has 8 nitrogen and oxygen atoms in total. The second-order valence-corrected chi connectivity index (χ2v) is 12.8. The molecule has 0 N–H and O–H groups in total. The summed E-state index contributed by atoms with van der Waals surface area (Å²) in [7, 11) is -4.75. The van der Waals surface area contributed by atoms with Gasteiger partial charge in [-0.1, -0.05) is 41.9 Å². The number of halogens is 2. The smallest absolute Gasteiger partial charge is 0.430 e. The number of sulfonamides is 1. The molecule has 0 saturated carbocycles. The quantitative estimate of drug-likeness (QED) is 0.332. The third-order valence-corrected chi connectivity index (χ3v) is 8.32. The van der Waals surface area contributed by atoms with E-state index in [1.54, 1.807) is 20.8 Å². The number of carbonyl (C=O) groups excluding carboxylic acids is 1. The molecule has 4 rings (SSSR count). The maximum absolute atomic E-state index is 15.3. The van der Waals surface area contributed by atoms with E-state index < -0.39 is 32.4 Å². The highest BCUT2D eigenvalue weighted by Gasteiger charge is 2.38. The van der Waals surface area contributed by atoms with E-state index in [1.165, 1.54) is 16.5 Å². The van der Waals surface area contributed by atoms with Crippen LogP contribution in [0.15, 0.2) is 58.3 Å². The Hall–Kier alpha value is -2.73. The Morgan fingerprint density at radius 2 is 1.89 bits per heavy atom. The lowest BCUT2D eigenvalue weighted by molar-refractivity contribution is 0.0608. The number of hydrogen-bond acceptors (Lipinski definition) is 8. The molecule has 1 fully saturated rings. The maximum Gasteiger partial charge on any atom is 0.430 e. The number of amides is 1. The molecule has 12 heteroatoms. The average Bonchev–Trinajstić information content (AvgIpc) is 3.35. The summed E-state index contributed by atoms with van der Waals surface area (Å²) in [6.07, 6.45) is 0.0125. The van der Waals surface area contributed by atoms with Gasteiger partial charge in [-0.05, 0) is 45.2 Å². The summed E-state index contributed by atoms with van der Waals surface area (Å²) < 4.78 is 53.8. The van der Waals surface area contributed by atoms with Crippen LogP contribution < -0.4 is 9.04 Å². The second-order valence-electron chi connectivity index (χ2n) is 9.89. The fourth-order valence-electron chi connectivity index (χ4n) is 4.03. The Bertz CT molecular complexity index is 1360. The van der Waals surface area contributed by atoms with Gasteiger partial charge in [-0.2, -0.15) is 0 Å². The summed E-state index contributed by atoms with van der Waals surface area (Å²) in [5, 5.41) is 1.27. The molecule has 0 aliphatic carbocycles. The van der Waals surface area contributed by atoms with E-state index in [2.05, 4.69) is 22.0 Å². The van der Waals surface area contributed by atoms with Crippen LogP contribution in [0, 0.1) is 5.82 Å². The number of benzene rings is 2. The van der Waals surface area contributed by atoms with Gasteiger partial charge in [-0.25, -0.2) is 22.6 Å². The number of thiazole rings is 1. The predicted molar refractivity (Wildman–Crippen MR) is 145 cm³/mol. The number of nitrogens with zero attached hydrogens (tertiary/aromatic N) is 3. The third-order valence-electron chi connectivity index (χ3n) is 5.77. The van der Waals surface area contributed by atoms with E-state index in [4.69, 9.17) is 21.1 Å². The highest BCUT2D eigenvalue weighted by atomic mass is 35.5. The van der Waals surface area contributed by atoms with Crippen molar-refractivity contribution in [3.63, 3.8) is 0 Å². The lowest BCUT2D eigenvalue weighted by Gasteiger charge is -2.32. The molecule has 0 unspecified atom stereocenters. The number of hydrogen-bond donors (Lipinski definition) is 0. The van der Waals surface area contributed by atoms with Crippen molar-refractivity contribution in [3.8, 4) is 5.75 Å². The second kappa shape index (κ2) is 11.6. The van der Waals surface area contributed by atoms with Gasteiger partial charge in [0.15, 0.2) is 5.82 Å². The van der Waals surface area contributed by atoms with Gasteiger partial charge in [0, 0.05) is 31.1 Å². The Balaban J connectivity index is 1.50. The van der Waals surface area contributed by atoms with E-state index in [9.17, 15) is 13.2 Å². The number of ether oxygens (including phenoxy) is 2. The van der Waals surface area contributed by atoms with Gasteiger partial charge in [-0.15, -0.1) is 15.6 Å². The molecule has 0 bridgehead atoms. The molecule has 38 heavy (non-hydrogen) atoms. The molecule has 0 spiro atoms. The molecular weight excluding hydrogens is 553 g/mol. The van der Waals surface area contributed by atoms with Gasteiger partial charge in [-0.3, -0.25) is 4.90 Å². The number of carbonyl (C=O) groups is 1. The minimum Gasteiger partial charge on any atom is -0.489 e. The van der Waals surface area contributed by atoms with Crippen molar-refractivity contribution in [1.82, 2.24) is 9.88 Å². The fraction of sp³-hybridized carbons (Fsp3) is 0.385. The first kappa shape index (κ1) is 28.3. The van der Waals surface area contributed by atoms with E-state index in [-0.39, 0.29) is 22.7 Å². The van der Waals surface area contributed by atoms with Crippen LogP contribution in [-0.4, -0.2) is 49.2 Å². The van der Waals surface area contributed by atoms with E-state index >= 15 is 4.39 Å². The van der Waals surface area contributed by atoms with Crippen molar-refractivity contribution in [2.45, 2.75) is 56.8 Å². The molecule has 204 valence electrons. The van der Waals surface area contributed by atoms with Gasteiger partial charge < -0.3 is 9.47 Å². The summed E-state index contributed by atoms with van der Waals surface area (Å²) in [4.78, 5) is 18.3. The molecule has 1 aromatic heterocycles. The van der Waals surface area contributed by atoms with Crippen molar-refractivity contribution in [2.75, 3.05) is 17.4 Å². The van der Waals surface area contributed by atoms with Gasteiger partial charge >= 0.3 is 6.09 Å². The molecule has 1 aliphatic heterocycles. The Morgan fingerprint density at radius 3 is 2.50 bits per heavy atom. The lowest BCUT2D eigenvalue weighted by atomic mass is 10.1. The van der Waals surface area contributed by atoms with Crippen LogP contribution in [0.5, 0.6) is 5.75 Å². The van der Waals surface area contributed by atoms with Crippen LogP contribution in [0.1, 0.15) is 39.2 Å². The van der Waals surface area contributed by atoms with Crippen LogP contribution in [0.2, 0.25) is 5.02 Å². The number of likely N-dealkylation sites (tertiary alicyclic amines) is 1. The summed E-state index contributed by atoms with van der Waals surface area (Å²) >= 11 is 7.44. The first-order valence-electron chi connectivity index (χ1n) is 12.0. The van der Waals surface area contributed by atoms with Gasteiger partial charge in [0.1, 0.15) is 28.2 Å². The number of anilines is 1. The van der Waals surface area contributed by atoms with Gasteiger partial charge in [0.2, 0.25) is 0 Å². The van der Waals surface area contributed by atoms with Crippen molar-refractivity contribution < 1.29 is 27.1 Å². The van der Waals surface area contributed by atoms with E-state index in [1.807, 2.05) is 18.2 Å². The normalized spacial score (nSPS) is 15.3. The molecule has 1 saturated heterocycles. The van der Waals surface area contributed by atoms with E-state index in [0.29, 0.717) is 17.1 Å². The topological polar surface area (TPSA) is 89.0 Å². The summed E-state index contributed by atoms with van der Waals surface area (Å²) in [6, 6.07) is 12.1. The predicted octanol–water partition coefficient (Wildman–Crippen LogP) is 6.11. The Morgan fingerprint density at radius 1 is 1.21 bits per heavy atom. The first-order valence-corrected chi connectivity index (χ1v) is 14.8. The zero-order chi connectivity index (χ0) is 27.5. The highest BCUT2D eigenvalue weighted by molar-refractivity contribution is 7.93. The third kappa shape index (κ3) is 6.82. The molecule has 0 radical (unpaired) electrons. The van der Waals surface area contributed by atoms with Crippen molar-refractivity contribution in [1.29, 1.82) is 0 Å². The minimum atomic E-state index is -4.75. The molecular formula is C26H29ClFN3O5S2. The van der Waals surface area contributed by atoms with Crippen LogP contribution in [0.25, 0.3) is 0 Å². The summed E-state index contributed by atoms with van der Waals surface area (Å²) in [6.45, 7) is 7.20. The maximum atomic E-state index is 15.3. The van der Waals surface area contributed by atoms with Gasteiger partial charge in [0.25, 0.3) is 10.0 Å². The standard InChI is InChI=1S/C26H29ClFN3O5S2/c1-26(2,3)36-25(32)31(24-16-37-17-29-24)38(33,34)23-13-20(27)22(14-21(23)28)35-19-9-11-30(12-10-19)15-18-7-5-4-6-8-18/h4-8,13-14,16-17,19H,9-12,15H2,1-3H3. The monoisotopic (exact) mass is 581 g/mol. The first-order chi connectivity index (χ1) is 17.9. The zero-order valence-electron chi connectivity index (χ0n) is 21.3. The minimum absolute atomic E-state index is 0.0436. The van der Waals surface area contributed by atoms with Crippen molar-refractivity contribution >= 4 is 44.9 Å². The largest absolute Gasteiger partial charge is 0.489 e. The van der Waals surface area contributed by atoms with Crippen LogP contribution in [0.4, 0.5) is 15.0 Å². The van der Waals surface area contributed by atoms with Crippen molar-refractivity contribution in [2.24, 2.45) is 0 Å². The Labute approximate surface area is 231 Å². The zero-order valence-corrected chi connectivity index (χ0v) is 23.7. The molecule has 1 aliphatic rings. The number of aromatic nitrogens is 1. The molecule has 0 atom stereocenters. The van der Waals surface area contributed by atoms with Crippen molar-refractivity contribution in [3.05, 3.63) is 69.8 Å². The lowest BCUT2D eigenvalue weighted by Crippen LogP contribution is -2.41. The number of piperidine rings is 1. The van der Waals surface area contributed by atoms with Crippen LogP contribution >= 0.6 is 22.9 Å². The van der Waals surface area contributed by atoms with Crippen LogP contribution in [0.3, 0.4) is 0 Å². The summed E-state index contributed by atoms with van der Waals surface area (Å²) in [5.41, 5.74) is 1.59.